The SMILES string of the molecule is CCC(=O)N1N=C(c2cccc(NS(=O)(=O)c3ccc(C)cc3)c2)C[C@H]1c1ccco1. The van der Waals surface area contributed by atoms with E-state index in [0.717, 1.165) is 11.1 Å². The van der Waals surface area contributed by atoms with E-state index in [2.05, 4.69) is 9.82 Å². The van der Waals surface area contributed by atoms with Gasteiger partial charge >= 0.3 is 0 Å². The molecule has 2 heterocycles. The number of hydrogen-bond donors (Lipinski definition) is 1. The number of nitrogens with zero attached hydrogens (tertiary/aromatic N) is 2. The predicted molar refractivity (Wildman–Crippen MR) is 118 cm³/mol. The highest BCUT2D eigenvalue weighted by molar-refractivity contribution is 7.92. The van der Waals surface area contributed by atoms with E-state index in [-0.39, 0.29) is 16.8 Å². The maximum atomic E-state index is 12.7. The summed E-state index contributed by atoms with van der Waals surface area (Å²) in [5.74, 6) is 0.560. The lowest BCUT2D eigenvalue weighted by Crippen LogP contribution is -2.25. The molecule has 8 heteroatoms. The molecular formula is C23H23N3O4S. The Hall–Kier alpha value is -3.39. The van der Waals surface area contributed by atoms with Gasteiger partial charge in [0, 0.05) is 18.5 Å². The summed E-state index contributed by atoms with van der Waals surface area (Å²) < 4.78 is 33.6. The number of amides is 1. The number of anilines is 1. The van der Waals surface area contributed by atoms with Crippen LogP contribution in [-0.4, -0.2) is 25.0 Å². The molecule has 0 bridgehead atoms. The van der Waals surface area contributed by atoms with Gasteiger partial charge in [0.15, 0.2) is 0 Å². The number of benzene rings is 2. The van der Waals surface area contributed by atoms with Crippen LogP contribution in [0.4, 0.5) is 5.69 Å². The molecular weight excluding hydrogens is 414 g/mol. The number of carbonyl (C=O) groups excluding carboxylic acids is 1. The molecule has 0 unspecified atom stereocenters. The smallest absolute Gasteiger partial charge is 0.261 e. The van der Waals surface area contributed by atoms with Crippen molar-refractivity contribution in [2.45, 2.75) is 37.6 Å². The van der Waals surface area contributed by atoms with Crippen LogP contribution in [0.2, 0.25) is 0 Å². The molecule has 0 saturated carbocycles. The van der Waals surface area contributed by atoms with Crippen molar-refractivity contribution in [3.8, 4) is 0 Å². The molecule has 1 amide bonds. The average molecular weight is 438 g/mol. The fourth-order valence-corrected chi connectivity index (χ4v) is 4.52. The van der Waals surface area contributed by atoms with Gasteiger partial charge in [-0.2, -0.15) is 5.10 Å². The molecule has 0 aliphatic carbocycles. The van der Waals surface area contributed by atoms with Crippen molar-refractivity contribution in [2.75, 3.05) is 4.72 Å². The summed E-state index contributed by atoms with van der Waals surface area (Å²) in [6, 6.07) is 17.0. The molecule has 1 N–H and O–H groups in total. The lowest BCUT2D eigenvalue weighted by molar-refractivity contribution is -0.133. The van der Waals surface area contributed by atoms with Gasteiger partial charge < -0.3 is 4.42 Å². The second-order valence-corrected chi connectivity index (χ2v) is 9.06. The number of furan rings is 1. The minimum atomic E-state index is -3.71. The van der Waals surface area contributed by atoms with Gasteiger partial charge in [-0.1, -0.05) is 36.8 Å². The van der Waals surface area contributed by atoms with E-state index in [0.29, 0.717) is 30.0 Å². The standard InChI is InChI=1S/C23H23N3O4S/c1-3-23(27)26-21(22-8-5-13-30-22)15-20(24-26)17-6-4-7-18(14-17)25-31(28,29)19-11-9-16(2)10-12-19/h4-14,21,25H,3,15H2,1-2H3/t21-/m0/s1. The zero-order valence-corrected chi connectivity index (χ0v) is 18.1. The molecule has 0 spiro atoms. The first-order valence-electron chi connectivity index (χ1n) is 10.0. The predicted octanol–water partition coefficient (Wildman–Crippen LogP) is 4.48. The molecule has 31 heavy (non-hydrogen) atoms. The van der Waals surface area contributed by atoms with Gasteiger partial charge in [0.05, 0.1) is 16.9 Å². The van der Waals surface area contributed by atoms with Gasteiger partial charge in [-0.3, -0.25) is 9.52 Å². The minimum absolute atomic E-state index is 0.104. The largest absolute Gasteiger partial charge is 0.467 e. The zero-order valence-electron chi connectivity index (χ0n) is 17.3. The summed E-state index contributed by atoms with van der Waals surface area (Å²) >= 11 is 0. The lowest BCUT2D eigenvalue weighted by atomic mass is 10.0. The van der Waals surface area contributed by atoms with Crippen LogP contribution in [0, 0.1) is 6.92 Å². The third kappa shape index (κ3) is 4.39. The summed E-state index contributed by atoms with van der Waals surface area (Å²) in [5.41, 5.74) is 2.85. The Bertz CT molecular complexity index is 1220. The fraction of sp³-hybridized carbons (Fsp3) is 0.217. The molecule has 160 valence electrons. The van der Waals surface area contributed by atoms with Crippen LogP contribution in [0.5, 0.6) is 0 Å². The van der Waals surface area contributed by atoms with E-state index in [1.165, 1.54) is 5.01 Å². The number of hydrogen-bond acceptors (Lipinski definition) is 5. The molecule has 1 aliphatic rings. The van der Waals surface area contributed by atoms with Crippen molar-refractivity contribution in [3.63, 3.8) is 0 Å². The summed E-state index contributed by atoms with van der Waals surface area (Å²) in [6.45, 7) is 3.69. The Morgan fingerprint density at radius 1 is 1.16 bits per heavy atom. The molecule has 3 aromatic rings. The van der Waals surface area contributed by atoms with Gasteiger partial charge in [0.1, 0.15) is 11.8 Å². The van der Waals surface area contributed by atoms with Gasteiger partial charge in [-0.15, -0.1) is 0 Å². The normalized spacial score (nSPS) is 16.3. The Labute approximate surface area is 181 Å². The van der Waals surface area contributed by atoms with Crippen LogP contribution in [-0.2, 0) is 14.8 Å². The van der Waals surface area contributed by atoms with Crippen molar-refractivity contribution in [1.29, 1.82) is 0 Å². The lowest BCUT2D eigenvalue weighted by Gasteiger charge is -2.18. The van der Waals surface area contributed by atoms with Crippen molar-refractivity contribution in [3.05, 3.63) is 83.8 Å². The first kappa shape index (κ1) is 20.9. The first-order chi connectivity index (χ1) is 14.9. The molecule has 0 radical (unpaired) electrons. The topological polar surface area (TPSA) is 92.0 Å². The molecule has 7 nitrogen and oxygen atoms in total. The van der Waals surface area contributed by atoms with E-state index in [1.54, 1.807) is 61.7 Å². The second-order valence-electron chi connectivity index (χ2n) is 7.37. The molecule has 4 rings (SSSR count). The summed E-state index contributed by atoms with van der Waals surface area (Å²) in [7, 11) is -3.71. The third-order valence-electron chi connectivity index (χ3n) is 5.12. The van der Waals surface area contributed by atoms with Crippen LogP contribution in [0.25, 0.3) is 0 Å². The van der Waals surface area contributed by atoms with Crippen LogP contribution < -0.4 is 4.72 Å². The number of rotatable bonds is 6. The maximum absolute atomic E-state index is 12.7. The highest BCUT2D eigenvalue weighted by Gasteiger charge is 2.34. The Morgan fingerprint density at radius 3 is 2.61 bits per heavy atom. The molecule has 2 aromatic carbocycles. The van der Waals surface area contributed by atoms with E-state index in [4.69, 9.17) is 4.42 Å². The number of sulfonamides is 1. The number of hydrazone groups is 1. The summed E-state index contributed by atoms with van der Waals surface area (Å²) in [5, 5.41) is 5.99. The molecule has 1 atom stereocenters. The minimum Gasteiger partial charge on any atom is -0.467 e. The zero-order chi connectivity index (χ0) is 22.0. The van der Waals surface area contributed by atoms with E-state index >= 15 is 0 Å². The first-order valence-corrected chi connectivity index (χ1v) is 11.5. The fourth-order valence-electron chi connectivity index (χ4n) is 3.47. The van der Waals surface area contributed by atoms with Gasteiger partial charge in [-0.25, -0.2) is 13.4 Å². The highest BCUT2D eigenvalue weighted by Crippen LogP contribution is 2.34. The van der Waals surface area contributed by atoms with E-state index < -0.39 is 10.0 Å². The number of aryl methyl sites for hydroxylation is 1. The van der Waals surface area contributed by atoms with Crippen LogP contribution >= 0.6 is 0 Å². The molecule has 1 aromatic heterocycles. The van der Waals surface area contributed by atoms with Crippen molar-refractivity contribution < 1.29 is 17.6 Å². The maximum Gasteiger partial charge on any atom is 0.261 e. The van der Waals surface area contributed by atoms with Gasteiger partial charge in [0.25, 0.3) is 10.0 Å². The van der Waals surface area contributed by atoms with Crippen molar-refractivity contribution in [2.24, 2.45) is 5.10 Å². The number of nitrogens with one attached hydrogen (secondary N) is 1. The summed E-state index contributed by atoms with van der Waals surface area (Å²) in [6.07, 6.45) is 2.38. The Morgan fingerprint density at radius 2 is 1.94 bits per heavy atom. The van der Waals surface area contributed by atoms with Crippen LogP contribution in [0.15, 0.2) is 81.3 Å². The van der Waals surface area contributed by atoms with E-state index in [1.807, 2.05) is 19.1 Å². The van der Waals surface area contributed by atoms with E-state index in [9.17, 15) is 13.2 Å². The monoisotopic (exact) mass is 437 g/mol. The summed E-state index contributed by atoms with van der Waals surface area (Å²) in [4.78, 5) is 12.6. The van der Waals surface area contributed by atoms with Crippen LogP contribution in [0.3, 0.4) is 0 Å². The van der Waals surface area contributed by atoms with Gasteiger partial charge in [-0.05, 0) is 48.9 Å². The Kier molecular flexibility index (Phi) is 5.65. The average Bonchev–Trinajstić information content (AvgIpc) is 3.43. The quantitative estimate of drug-likeness (QED) is 0.616. The Balaban J connectivity index is 1.60. The molecule has 1 aliphatic heterocycles. The van der Waals surface area contributed by atoms with Crippen molar-refractivity contribution in [1.82, 2.24) is 5.01 Å². The van der Waals surface area contributed by atoms with Gasteiger partial charge in [0.2, 0.25) is 5.91 Å². The second kappa shape index (κ2) is 8.39. The number of carbonyl (C=O) groups is 1. The van der Waals surface area contributed by atoms with Crippen molar-refractivity contribution >= 4 is 27.3 Å². The molecule has 0 saturated heterocycles. The molecule has 0 fully saturated rings. The van der Waals surface area contributed by atoms with Crippen LogP contribution in [0.1, 0.15) is 42.7 Å². The third-order valence-corrected chi connectivity index (χ3v) is 6.52. The highest BCUT2D eigenvalue weighted by atomic mass is 32.2.